The van der Waals surface area contributed by atoms with Crippen molar-refractivity contribution in [2.24, 2.45) is 0 Å². The first-order valence-electron chi connectivity index (χ1n) is 2.72. The molecule has 0 N–H and O–H groups in total. The van der Waals surface area contributed by atoms with Crippen molar-refractivity contribution < 1.29 is 5.11 Å². The Hall–Kier alpha value is -0.560. The van der Waals surface area contributed by atoms with Gasteiger partial charge < -0.3 is 0 Å². The van der Waals surface area contributed by atoms with Gasteiger partial charge in [-0.2, -0.15) is 0 Å². The van der Waals surface area contributed by atoms with Crippen LogP contribution in [0.3, 0.4) is 0 Å². The van der Waals surface area contributed by atoms with Crippen molar-refractivity contribution >= 4 is 0 Å². The molecular formula is C7H11O. The fraction of sp³-hybridized carbons (Fsp3) is 0.429. The molecular weight excluding hydrogens is 100 g/mol. The molecule has 8 heavy (non-hydrogen) atoms. The molecule has 0 saturated heterocycles. The molecule has 0 fully saturated rings. The quantitative estimate of drug-likeness (QED) is 0.485. The van der Waals surface area contributed by atoms with E-state index in [0.29, 0.717) is 0 Å². The van der Waals surface area contributed by atoms with Crippen molar-refractivity contribution in [2.45, 2.75) is 20.0 Å². The van der Waals surface area contributed by atoms with Crippen LogP contribution < -0.4 is 0 Å². The Balaban J connectivity index is 3.34. The average molecular weight is 111 g/mol. The van der Waals surface area contributed by atoms with Crippen LogP contribution in [0.15, 0.2) is 24.3 Å². The molecule has 0 saturated carbocycles. The van der Waals surface area contributed by atoms with E-state index in [4.69, 9.17) is 0 Å². The standard InChI is InChI=1S/C7H11O/c1-3-4-5-6-7(2)8/h3-7H,1-2H3. The Kier molecular flexibility index (Phi) is 4.27. The van der Waals surface area contributed by atoms with E-state index in [9.17, 15) is 5.11 Å². The summed E-state index contributed by atoms with van der Waals surface area (Å²) in [6.45, 7) is 3.53. The number of allylic oxidation sites excluding steroid dienone is 3. The minimum atomic E-state index is -0.578. The normalized spacial score (nSPS) is 15.9. The molecule has 0 aromatic rings. The summed E-state index contributed by atoms with van der Waals surface area (Å²) < 4.78 is 0. The van der Waals surface area contributed by atoms with Crippen LogP contribution in [0.5, 0.6) is 0 Å². The molecule has 1 atom stereocenters. The molecule has 0 aliphatic heterocycles. The smallest absolute Gasteiger partial charge is 0.109 e. The topological polar surface area (TPSA) is 19.9 Å². The molecule has 1 nitrogen and oxygen atoms in total. The van der Waals surface area contributed by atoms with Gasteiger partial charge in [0, 0.05) is 0 Å². The Morgan fingerprint density at radius 1 is 1.38 bits per heavy atom. The lowest BCUT2D eigenvalue weighted by atomic mass is 10.3. The third-order valence-corrected chi connectivity index (χ3v) is 0.686. The molecule has 1 radical (unpaired) electrons. The molecule has 0 amide bonds. The van der Waals surface area contributed by atoms with Crippen molar-refractivity contribution in [2.75, 3.05) is 0 Å². The van der Waals surface area contributed by atoms with Gasteiger partial charge in [-0.3, -0.25) is 0 Å². The van der Waals surface area contributed by atoms with Crippen LogP contribution in [-0.4, -0.2) is 6.10 Å². The van der Waals surface area contributed by atoms with Crippen molar-refractivity contribution in [3.8, 4) is 0 Å². The zero-order valence-corrected chi connectivity index (χ0v) is 5.29. The highest BCUT2D eigenvalue weighted by Crippen LogP contribution is 1.83. The van der Waals surface area contributed by atoms with E-state index in [1.165, 1.54) is 0 Å². The molecule has 1 unspecified atom stereocenters. The van der Waals surface area contributed by atoms with Gasteiger partial charge in [-0.05, 0) is 13.8 Å². The van der Waals surface area contributed by atoms with Gasteiger partial charge in [0.25, 0.3) is 0 Å². The third-order valence-electron chi connectivity index (χ3n) is 0.686. The summed E-state index contributed by atoms with van der Waals surface area (Å²) in [5, 5.41) is 10.3. The van der Waals surface area contributed by atoms with Gasteiger partial charge in [-0.25, -0.2) is 5.11 Å². The zero-order valence-electron chi connectivity index (χ0n) is 5.29. The van der Waals surface area contributed by atoms with E-state index < -0.39 is 6.10 Å². The van der Waals surface area contributed by atoms with Crippen molar-refractivity contribution in [1.29, 1.82) is 0 Å². The van der Waals surface area contributed by atoms with Gasteiger partial charge >= 0.3 is 0 Å². The number of hydrogen-bond acceptors (Lipinski definition) is 0. The van der Waals surface area contributed by atoms with Crippen LogP contribution in [0.2, 0.25) is 0 Å². The van der Waals surface area contributed by atoms with E-state index in [1.807, 2.05) is 19.1 Å². The van der Waals surface area contributed by atoms with Gasteiger partial charge in [-0.1, -0.05) is 24.3 Å². The summed E-state index contributed by atoms with van der Waals surface area (Å²) in [5.41, 5.74) is 0. The Bertz CT molecular complexity index is 90.6. The van der Waals surface area contributed by atoms with Crippen molar-refractivity contribution in [3.05, 3.63) is 24.3 Å². The maximum absolute atomic E-state index is 10.3. The van der Waals surface area contributed by atoms with E-state index in [2.05, 4.69) is 0 Å². The lowest BCUT2D eigenvalue weighted by molar-refractivity contribution is 0.146. The maximum atomic E-state index is 10.3. The highest BCUT2D eigenvalue weighted by molar-refractivity contribution is 5.02. The van der Waals surface area contributed by atoms with E-state index in [0.717, 1.165) is 0 Å². The lowest BCUT2D eigenvalue weighted by Crippen LogP contribution is -1.87. The first kappa shape index (κ1) is 7.44. The summed E-state index contributed by atoms with van der Waals surface area (Å²) in [6.07, 6.45) is 6.52. The van der Waals surface area contributed by atoms with E-state index in [1.54, 1.807) is 19.1 Å². The molecule has 0 aromatic carbocycles. The lowest BCUT2D eigenvalue weighted by Gasteiger charge is -1.84. The predicted octanol–water partition coefficient (Wildman–Crippen LogP) is 1.94. The van der Waals surface area contributed by atoms with Crippen LogP contribution in [0.1, 0.15) is 13.8 Å². The Labute approximate surface area is 50.3 Å². The summed E-state index contributed by atoms with van der Waals surface area (Å²) in [7, 11) is 0. The fourth-order valence-electron chi connectivity index (χ4n) is 0.332. The highest BCUT2D eigenvalue weighted by Gasteiger charge is 1.82. The summed E-state index contributed by atoms with van der Waals surface area (Å²) in [5.74, 6) is 0. The maximum Gasteiger partial charge on any atom is 0.109 e. The van der Waals surface area contributed by atoms with Gasteiger partial charge in [0.05, 0.1) is 0 Å². The van der Waals surface area contributed by atoms with Crippen LogP contribution in [-0.2, 0) is 5.11 Å². The SMILES string of the molecule is CC=CC=CC(C)[O]. The second-order valence-corrected chi connectivity index (χ2v) is 1.62. The minimum absolute atomic E-state index is 0.578. The summed E-state index contributed by atoms with van der Waals surface area (Å²) >= 11 is 0. The summed E-state index contributed by atoms with van der Waals surface area (Å²) in [6, 6.07) is 0. The largest absolute Gasteiger partial charge is 0.229 e. The zero-order chi connectivity index (χ0) is 6.41. The number of rotatable bonds is 2. The van der Waals surface area contributed by atoms with Crippen molar-refractivity contribution in [1.82, 2.24) is 0 Å². The molecule has 0 aliphatic rings. The molecule has 0 spiro atoms. The molecule has 0 aliphatic carbocycles. The third kappa shape index (κ3) is 5.44. The molecule has 0 heterocycles. The first-order valence-corrected chi connectivity index (χ1v) is 2.72. The van der Waals surface area contributed by atoms with E-state index >= 15 is 0 Å². The van der Waals surface area contributed by atoms with Gasteiger partial charge in [0.2, 0.25) is 0 Å². The van der Waals surface area contributed by atoms with Gasteiger partial charge in [0.1, 0.15) is 6.10 Å². The van der Waals surface area contributed by atoms with E-state index in [-0.39, 0.29) is 0 Å². The molecule has 1 heteroatoms. The Morgan fingerprint density at radius 2 is 2.00 bits per heavy atom. The van der Waals surface area contributed by atoms with Gasteiger partial charge in [-0.15, -0.1) is 0 Å². The predicted molar refractivity (Wildman–Crippen MR) is 34.1 cm³/mol. The monoisotopic (exact) mass is 111 g/mol. The average Bonchev–Trinajstić information content (AvgIpc) is 1.66. The first-order chi connectivity index (χ1) is 3.77. The van der Waals surface area contributed by atoms with Gasteiger partial charge in [0.15, 0.2) is 0 Å². The molecule has 0 aromatic heterocycles. The van der Waals surface area contributed by atoms with Crippen LogP contribution in [0.25, 0.3) is 0 Å². The second-order valence-electron chi connectivity index (χ2n) is 1.62. The highest BCUT2D eigenvalue weighted by atomic mass is 16.3. The van der Waals surface area contributed by atoms with Crippen LogP contribution in [0.4, 0.5) is 0 Å². The minimum Gasteiger partial charge on any atom is -0.229 e. The van der Waals surface area contributed by atoms with Crippen molar-refractivity contribution in [3.63, 3.8) is 0 Å². The summed E-state index contributed by atoms with van der Waals surface area (Å²) in [4.78, 5) is 0. The molecule has 0 bridgehead atoms. The van der Waals surface area contributed by atoms with Crippen LogP contribution >= 0.6 is 0 Å². The molecule has 0 rings (SSSR count). The second kappa shape index (κ2) is 4.60. The molecule has 45 valence electrons. The van der Waals surface area contributed by atoms with Crippen LogP contribution in [0, 0.1) is 0 Å². The fourth-order valence-corrected chi connectivity index (χ4v) is 0.332. The number of hydrogen-bond donors (Lipinski definition) is 0. The Morgan fingerprint density at radius 3 is 2.38 bits per heavy atom.